The molecule has 0 unspecified atom stereocenters. The average Bonchev–Trinajstić information content (AvgIpc) is 2.68. The van der Waals surface area contributed by atoms with Gasteiger partial charge in [0.25, 0.3) is 5.69 Å². The molecule has 1 aromatic rings. The largest absolute Gasteiger partial charge is 0.460 e. The molecule has 1 aliphatic heterocycles. The molecule has 10 heteroatoms. The molecule has 0 bridgehead atoms. The number of hydrogen-bond donors (Lipinski definition) is 1. The summed E-state index contributed by atoms with van der Waals surface area (Å²) in [7, 11) is -2.09. The number of amides is 1. The first-order valence-corrected chi connectivity index (χ1v) is 13.9. The molecule has 4 atom stereocenters. The molecule has 1 amide bonds. The summed E-state index contributed by atoms with van der Waals surface area (Å²) in [6.45, 7) is 14.1. The van der Waals surface area contributed by atoms with Crippen LogP contribution in [-0.4, -0.2) is 43.0 Å². The number of rotatable bonds is 10. The fraction of sp³-hybridized carbons (Fsp3) is 0.609. The lowest BCUT2D eigenvalue weighted by Crippen LogP contribution is -2.66. The maximum atomic E-state index is 12.7. The second-order valence-corrected chi connectivity index (χ2v) is 14.9. The molecule has 0 aliphatic carbocycles. The molecule has 1 N–H and O–H groups in total. The number of non-ortho nitro benzene ring substituents is 1. The number of nitrogens with one attached hydrogen (secondary N) is 1. The molecule has 0 saturated carbocycles. The second-order valence-electron chi connectivity index (χ2n) is 10.2. The standard InChI is InChI=1S/C23H34N2O7Si/c1-14(21-20(22(28)24-21)15(2)32-33(6,7)23(3,4)5)18(26)12-19(27)31-13-16-8-10-17(11-9-16)25(29)30/h8-11,14-15,20-21H,12-13H2,1-7H3,(H,24,28)/t14-,15+,20+,21-/m0/s1. The smallest absolute Gasteiger partial charge is 0.313 e. The lowest BCUT2D eigenvalue weighted by molar-refractivity contribution is -0.384. The number of nitrogens with zero attached hydrogens (tertiary/aromatic N) is 1. The Kier molecular flexibility index (Phi) is 8.18. The van der Waals surface area contributed by atoms with E-state index < -0.39 is 43.5 Å². The first-order valence-electron chi connectivity index (χ1n) is 11.0. The number of ketones is 1. The third kappa shape index (κ3) is 6.48. The van der Waals surface area contributed by atoms with Crippen molar-refractivity contribution in [2.75, 3.05) is 0 Å². The van der Waals surface area contributed by atoms with E-state index >= 15 is 0 Å². The Hall–Kier alpha value is -2.59. The summed E-state index contributed by atoms with van der Waals surface area (Å²) >= 11 is 0. The topological polar surface area (TPSA) is 125 Å². The molecule has 1 heterocycles. The molecule has 1 fully saturated rings. The molecule has 2 rings (SSSR count). The quantitative estimate of drug-likeness (QED) is 0.136. The maximum absolute atomic E-state index is 12.7. The number of carbonyl (C=O) groups excluding carboxylic acids is 3. The molecule has 1 aromatic carbocycles. The van der Waals surface area contributed by atoms with Crippen LogP contribution in [0.5, 0.6) is 0 Å². The van der Waals surface area contributed by atoms with E-state index in [9.17, 15) is 24.5 Å². The minimum absolute atomic E-state index is 0.00809. The molecule has 182 valence electrons. The normalized spacial score (nSPS) is 20.3. The van der Waals surface area contributed by atoms with E-state index in [4.69, 9.17) is 9.16 Å². The number of esters is 1. The zero-order chi connectivity index (χ0) is 25.1. The Morgan fingerprint density at radius 1 is 1.18 bits per heavy atom. The van der Waals surface area contributed by atoms with Gasteiger partial charge >= 0.3 is 5.97 Å². The molecule has 0 spiro atoms. The van der Waals surface area contributed by atoms with E-state index in [1.165, 1.54) is 24.3 Å². The van der Waals surface area contributed by atoms with E-state index in [-0.39, 0.29) is 35.1 Å². The van der Waals surface area contributed by atoms with Crippen molar-refractivity contribution in [1.29, 1.82) is 0 Å². The zero-order valence-electron chi connectivity index (χ0n) is 20.3. The highest BCUT2D eigenvalue weighted by molar-refractivity contribution is 6.74. The number of nitro benzene ring substituents is 1. The monoisotopic (exact) mass is 478 g/mol. The van der Waals surface area contributed by atoms with Crippen LogP contribution in [0.15, 0.2) is 24.3 Å². The van der Waals surface area contributed by atoms with Gasteiger partial charge < -0.3 is 14.5 Å². The van der Waals surface area contributed by atoms with Gasteiger partial charge in [0, 0.05) is 18.1 Å². The highest BCUT2D eigenvalue weighted by atomic mass is 28.4. The lowest BCUT2D eigenvalue weighted by Gasteiger charge is -2.46. The summed E-state index contributed by atoms with van der Waals surface area (Å²) in [6, 6.07) is 5.24. The summed E-state index contributed by atoms with van der Waals surface area (Å²) in [4.78, 5) is 47.3. The van der Waals surface area contributed by atoms with Crippen molar-refractivity contribution in [1.82, 2.24) is 5.32 Å². The Morgan fingerprint density at radius 3 is 2.24 bits per heavy atom. The first kappa shape index (κ1) is 26.7. The van der Waals surface area contributed by atoms with E-state index in [0.717, 1.165) is 0 Å². The van der Waals surface area contributed by atoms with Crippen molar-refractivity contribution in [3.05, 3.63) is 39.9 Å². The second kappa shape index (κ2) is 10.1. The molecular formula is C23H34N2O7Si. The first-order chi connectivity index (χ1) is 15.1. The molecule has 0 aromatic heterocycles. The van der Waals surface area contributed by atoms with Crippen molar-refractivity contribution < 1.29 is 28.5 Å². The summed E-state index contributed by atoms with van der Waals surface area (Å²) in [5, 5.41) is 13.5. The zero-order valence-corrected chi connectivity index (χ0v) is 21.3. The predicted molar refractivity (Wildman–Crippen MR) is 125 cm³/mol. The van der Waals surface area contributed by atoms with Crippen LogP contribution in [0.4, 0.5) is 5.69 Å². The number of nitro groups is 1. The van der Waals surface area contributed by atoms with Crippen molar-refractivity contribution in [3.8, 4) is 0 Å². The minimum Gasteiger partial charge on any atom is -0.460 e. The summed E-state index contributed by atoms with van der Waals surface area (Å²) in [5.74, 6) is -2.16. The average molecular weight is 479 g/mol. The van der Waals surface area contributed by atoms with E-state index in [1.54, 1.807) is 6.92 Å². The highest BCUT2D eigenvalue weighted by Gasteiger charge is 2.50. The fourth-order valence-electron chi connectivity index (χ4n) is 3.51. The Labute approximate surface area is 195 Å². The Bertz CT molecular complexity index is 908. The van der Waals surface area contributed by atoms with Crippen LogP contribution >= 0.6 is 0 Å². The van der Waals surface area contributed by atoms with Crippen LogP contribution in [0.3, 0.4) is 0 Å². The van der Waals surface area contributed by atoms with E-state index in [1.807, 2.05) is 6.92 Å². The lowest BCUT2D eigenvalue weighted by atomic mass is 9.77. The van der Waals surface area contributed by atoms with Gasteiger partial charge in [0.05, 0.1) is 23.0 Å². The van der Waals surface area contributed by atoms with Crippen LogP contribution in [0.2, 0.25) is 18.1 Å². The van der Waals surface area contributed by atoms with Gasteiger partial charge in [0.15, 0.2) is 8.32 Å². The van der Waals surface area contributed by atoms with Crippen molar-refractivity contribution >= 4 is 31.7 Å². The SMILES string of the molecule is C[C@@H](O[Si](C)(C)C(C)(C)C)[C@H]1C(=O)N[C@H]1[C@@H](C)C(=O)CC(=O)OCc1ccc([N+](=O)[O-])cc1. The predicted octanol–water partition coefficient (Wildman–Crippen LogP) is 3.76. The number of β-lactam (4-membered cyclic amide) rings is 1. The summed E-state index contributed by atoms with van der Waals surface area (Å²) in [5.41, 5.74) is 0.523. The van der Waals surface area contributed by atoms with E-state index in [2.05, 4.69) is 39.2 Å². The fourth-order valence-corrected chi connectivity index (χ4v) is 4.93. The van der Waals surface area contributed by atoms with Crippen molar-refractivity contribution in [3.63, 3.8) is 0 Å². The van der Waals surface area contributed by atoms with Crippen LogP contribution in [0.1, 0.15) is 46.6 Å². The number of Topliss-reactive ketones (excluding diaryl/α,β-unsaturated/α-hetero) is 1. The summed E-state index contributed by atoms with van der Waals surface area (Å²) < 4.78 is 11.5. The van der Waals surface area contributed by atoms with Crippen LogP contribution in [-0.2, 0) is 30.2 Å². The number of carbonyl (C=O) groups is 3. The van der Waals surface area contributed by atoms with Gasteiger partial charge in [-0.05, 0) is 42.8 Å². The van der Waals surface area contributed by atoms with Gasteiger partial charge in [-0.15, -0.1) is 0 Å². The Morgan fingerprint density at radius 2 is 1.76 bits per heavy atom. The van der Waals surface area contributed by atoms with Crippen molar-refractivity contribution in [2.45, 2.75) is 77.9 Å². The van der Waals surface area contributed by atoms with E-state index in [0.29, 0.717) is 5.56 Å². The van der Waals surface area contributed by atoms with Crippen LogP contribution in [0.25, 0.3) is 0 Å². The molecule has 1 aliphatic rings. The van der Waals surface area contributed by atoms with Crippen LogP contribution in [0, 0.1) is 22.0 Å². The maximum Gasteiger partial charge on any atom is 0.313 e. The minimum atomic E-state index is -2.09. The third-order valence-corrected chi connectivity index (χ3v) is 11.3. The molecule has 0 radical (unpaired) electrons. The number of ether oxygens (including phenoxy) is 1. The molecule has 1 saturated heterocycles. The van der Waals surface area contributed by atoms with Gasteiger partial charge in [-0.1, -0.05) is 27.7 Å². The molecule has 9 nitrogen and oxygen atoms in total. The third-order valence-electron chi connectivity index (χ3n) is 6.70. The number of benzene rings is 1. The summed E-state index contributed by atoms with van der Waals surface area (Å²) in [6.07, 6.45) is -0.751. The molecular weight excluding hydrogens is 444 g/mol. The molecule has 33 heavy (non-hydrogen) atoms. The van der Waals surface area contributed by atoms with Gasteiger partial charge in [-0.2, -0.15) is 0 Å². The van der Waals surface area contributed by atoms with Gasteiger partial charge in [-0.25, -0.2) is 0 Å². The van der Waals surface area contributed by atoms with Crippen molar-refractivity contribution in [2.24, 2.45) is 11.8 Å². The van der Waals surface area contributed by atoms with Gasteiger partial charge in [-0.3, -0.25) is 24.5 Å². The highest BCUT2D eigenvalue weighted by Crippen LogP contribution is 2.39. The number of hydrogen-bond acceptors (Lipinski definition) is 7. The van der Waals surface area contributed by atoms with Gasteiger partial charge in [0.1, 0.15) is 18.8 Å². The Balaban J connectivity index is 1.90. The van der Waals surface area contributed by atoms with Gasteiger partial charge in [0.2, 0.25) is 5.91 Å². The van der Waals surface area contributed by atoms with Crippen LogP contribution < -0.4 is 5.32 Å².